The van der Waals surface area contributed by atoms with Crippen molar-refractivity contribution in [1.82, 2.24) is 9.78 Å². The van der Waals surface area contributed by atoms with E-state index in [9.17, 15) is 13.2 Å². The number of fused-ring (bicyclic) bond motifs is 1. The van der Waals surface area contributed by atoms with E-state index in [4.69, 9.17) is 16.3 Å². The summed E-state index contributed by atoms with van der Waals surface area (Å²) in [7, 11) is 0. The van der Waals surface area contributed by atoms with Crippen LogP contribution >= 0.6 is 11.6 Å². The zero-order valence-corrected chi connectivity index (χ0v) is 14.3. The lowest BCUT2D eigenvalue weighted by molar-refractivity contribution is -0.137. The highest BCUT2D eigenvalue weighted by molar-refractivity contribution is 6.37. The lowest BCUT2D eigenvalue weighted by atomic mass is 9.96. The van der Waals surface area contributed by atoms with Crippen molar-refractivity contribution in [3.63, 3.8) is 0 Å². The summed E-state index contributed by atoms with van der Waals surface area (Å²) in [6, 6.07) is 1.18. The van der Waals surface area contributed by atoms with Gasteiger partial charge in [0.05, 0.1) is 22.3 Å². The first kappa shape index (κ1) is 16.9. The van der Waals surface area contributed by atoms with Crippen LogP contribution in [0.1, 0.15) is 55.9 Å². The van der Waals surface area contributed by atoms with Crippen LogP contribution in [0.4, 0.5) is 13.2 Å². The molecule has 0 N–H and O–H groups in total. The fraction of sp³-hybridized carbons (Fsp3) is 0.500. The normalized spacial score (nSPS) is 21.8. The number of halogens is 4. The van der Waals surface area contributed by atoms with E-state index in [0.29, 0.717) is 29.5 Å². The molecule has 2 aliphatic rings. The van der Waals surface area contributed by atoms with E-state index in [2.05, 4.69) is 5.10 Å². The summed E-state index contributed by atoms with van der Waals surface area (Å²) in [5.41, 5.74) is 0.492. The molecule has 1 unspecified atom stereocenters. The van der Waals surface area contributed by atoms with Crippen molar-refractivity contribution in [3.8, 4) is 0 Å². The molecule has 1 aliphatic carbocycles. The molecule has 2 heterocycles. The van der Waals surface area contributed by atoms with Crippen LogP contribution in [0.25, 0.3) is 16.5 Å². The summed E-state index contributed by atoms with van der Waals surface area (Å²) >= 11 is 6.45. The number of hydrogen-bond donors (Lipinski definition) is 0. The van der Waals surface area contributed by atoms with Gasteiger partial charge in [-0.3, -0.25) is 0 Å². The van der Waals surface area contributed by atoms with Gasteiger partial charge in [0.25, 0.3) is 0 Å². The average molecular weight is 371 g/mol. The van der Waals surface area contributed by atoms with E-state index in [1.807, 2.05) is 6.08 Å². The van der Waals surface area contributed by atoms with Crippen LogP contribution in [0.2, 0.25) is 5.02 Å². The maximum absolute atomic E-state index is 13.7. The lowest BCUT2D eigenvalue weighted by Gasteiger charge is -2.24. The number of alkyl halides is 3. The Balaban J connectivity index is 1.92. The number of ether oxygens (including phenoxy) is 1. The molecule has 7 heteroatoms. The van der Waals surface area contributed by atoms with E-state index in [0.717, 1.165) is 32.1 Å². The van der Waals surface area contributed by atoms with Gasteiger partial charge in [-0.2, -0.15) is 18.3 Å². The Morgan fingerprint density at radius 3 is 2.72 bits per heavy atom. The van der Waals surface area contributed by atoms with E-state index in [1.165, 1.54) is 6.07 Å². The van der Waals surface area contributed by atoms with Gasteiger partial charge in [0.1, 0.15) is 0 Å². The van der Waals surface area contributed by atoms with Gasteiger partial charge in [0.15, 0.2) is 6.23 Å². The van der Waals surface area contributed by atoms with Crippen molar-refractivity contribution in [1.29, 1.82) is 0 Å². The van der Waals surface area contributed by atoms with Crippen LogP contribution in [-0.2, 0) is 10.9 Å². The fourth-order valence-electron chi connectivity index (χ4n) is 3.73. The van der Waals surface area contributed by atoms with Crippen LogP contribution in [0.5, 0.6) is 0 Å². The van der Waals surface area contributed by atoms with Gasteiger partial charge < -0.3 is 4.74 Å². The second-order valence-electron chi connectivity index (χ2n) is 6.58. The van der Waals surface area contributed by atoms with Crippen molar-refractivity contribution in [2.75, 3.05) is 6.61 Å². The Morgan fingerprint density at radius 2 is 2.08 bits per heavy atom. The molecule has 0 bridgehead atoms. The summed E-state index contributed by atoms with van der Waals surface area (Å²) in [5, 5.41) is 4.98. The molecule has 0 saturated carbocycles. The second kappa shape index (κ2) is 6.32. The molecular weight excluding hydrogens is 353 g/mol. The highest BCUT2D eigenvalue weighted by atomic mass is 35.5. The summed E-state index contributed by atoms with van der Waals surface area (Å²) in [6.07, 6.45) is 3.54. The molecule has 3 nitrogen and oxygen atoms in total. The van der Waals surface area contributed by atoms with Crippen molar-refractivity contribution in [2.45, 2.75) is 50.9 Å². The Labute approximate surface area is 148 Å². The minimum Gasteiger partial charge on any atom is -0.356 e. The number of rotatable bonds is 2. The van der Waals surface area contributed by atoms with Gasteiger partial charge in [0.2, 0.25) is 0 Å². The van der Waals surface area contributed by atoms with E-state index in [-0.39, 0.29) is 16.8 Å². The molecule has 134 valence electrons. The topological polar surface area (TPSA) is 27.1 Å². The number of benzene rings is 1. The number of allylic oxidation sites excluding steroid dienone is 2. The van der Waals surface area contributed by atoms with Gasteiger partial charge in [0, 0.05) is 17.6 Å². The molecule has 0 amide bonds. The van der Waals surface area contributed by atoms with Crippen LogP contribution in [-0.4, -0.2) is 16.4 Å². The second-order valence-corrected chi connectivity index (χ2v) is 6.95. The average Bonchev–Trinajstić information content (AvgIpc) is 3.24. The molecule has 2 aromatic rings. The highest BCUT2D eigenvalue weighted by Gasteiger charge is 2.37. The van der Waals surface area contributed by atoms with E-state index in [1.54, 1.807) is 10.9 Å². The van der Waals surface area contributed by atoms with Crippen LogP contribution in [0.3, 0.4) is 0 Å². The van der Waals surface area contributed by atoms with Crippen LogP contribution < -0.4 is 0 Å². The van der Waals surface area contributed by atoms with Gasteiger partial charge in [-0.25, -0.2) is 4.68 Å². The zero-order chi connectivity index (χ0) is 17.6. The number of nitrogens with zero attached hydrogens (tertiary/aromatic N) is 2. The Morgan fingerprint density at radius 1 is 1.24 bits per heavy atom. The van der Waals surface area contributed by atoms with Gasteiger partial charge in [-0.1, -0.05) is 17.7 Å². The third kappa shape index (κ3) is 2.95. The molecule has 1 fully saturated rings. The van der Waals surface area contributed by atoms with Crippen LogP contribution in [0.15, 0.2) is 18.3 Å². The molecule has 0 radical (unpaired) electrons. The molecule has 1 aromatic carbocycles. The molecule has 0 spiro atoms. The van der Waals surface area contributed by atoms with Gasteiger partial charge in [-0.15, -0.1) is 0 Å². The quantitative estimate of drug-likeness (QED) is 0.650. The van der Waals surface area contributed by atoms with E-state index >= 15 is 0 Å². The largest absolute Gasteiger partial charge is 0.417 e. The smallest absolute Gasteiger partial charge is 0.356 e. The van der Waals surface area contributed by atoms with Crippen LogP contribution in [0, 0.1) is 0 Å². The maximum atomic E-state index is 13.7. The van der Waals surface area contributed by atoms with Crippen molar-refractivity contribution in [3.05, 3.63) is 34.5 Å². The predicted molar refractivity (Wildman–Crippen MR) is 90.4 cm³/mol. The first-order valence-electron chi connectivity index (χ1n) is 8.55. The molecule has 4 rings (SSSR count). The lowest BCUT2D eigenvalue weighted by Crippen LogP contribution is -2.19. The molecule has 1 aliphatic heterocycles. The first-order valence-corrected chi connectivity index (χ1v) is 8.92. The molecule has 1 atom stereocenters. The Bertz CT molecular complexity index is 835. The molecule has 1 saturated heterocycles. The predicted octanol–water partition coefficient (Wildman–Crippen LogP) is 5.97. The Kier molecular flexibility index (Phi) is 4.28. The first-order chi connectivity index (χ1) is 12.0. The zero-order valence-electron chi connectivity index (χ0n) is 13.6. The van der Waals surface area contributed by atoms with Crippen molar-refractivity contribution < 1.29 is 17.9 Å². The maximum Gasteiger partial charge on any atom is 0.417 e. The van der Waals surface area contributed by atoms with Gasteiger partial charge >= 0.3 is 6.18 Å². The third-order valence-electron chi connectivity index (χ3n) is 4.94. The standard InChI is InChI=1S/C18H18ClF3N2O/c19-17-12-10-23-24(15-7-3-4-8-25-15)14(12)9-13(18(20,21)22)16(17)11-5-1-2-6-11/h5,9-10,15H,1-4,6-8H2. The number of hydrogen-bond acceptors (Lipinski definition) is 2. The monoisotopic (exact) mass is 370 g/mol. The summed E-state index contributed by atoms with van der Waals surface area (Å²) in [6.45, 7) is 0.594. The Hall–Kier alpha value is -1.53. The minimum atomic E-state index is -4.47. The highest BCUT2D eigenvalue weighted by Crippen LogP contribution is 2.45. The summed E-state index contributed by atoms with van der Waals surface area (Å²) in [5.74, 6) is 0. The van der Waals surface area contributed by atoms with Gasteiger partial charge in [-0.05, 0) is 50.2 Å². The third-order valence-corrected chi connectivity index (χ3v) is 5.33. The summed E-state index contributed by atoms with van der Waals surface area (Å²) in [4.78, 5) is 0. The van der Waals surface area contributed by atoms with E-state index < -0.39 is 11.7 Å². The van der Waals surface area contributed by atoms with Crippen molar-refractivity contribution in [2.24, 2.45) is 0 Å². The fourth-order valence-corrected chi connectivity index (χ4v) is 4.10. The minimum absolute atomic E-state index is 0.114. The molecular formula is C18H18ClF3N2O. The SMILES string of the molecule is FC(F)(F)c1cc2c(cnn2C2CCCCO2)c(Cl)c1C1=CCCC1. The van der Waals surface area contributed by atoms with Crippen molar-refractivity contribution >= 4 is 28.1 Å². The molecule has 25 heavy (non-hydrogen) atoms. The summed E-state index contributed by atoms with van der Waals surface area (Å²) < 4.78 is 48.5. The number of aromatic nitrogens is 2. The molecule has 1 aromatic heterocycles.